The van der Waals surface area contributed by atoms with E-state index in [1.807, 2.05) is 6.07 Å². The molecule has 3 heteroatoms. The van der Waals surface area contributed by atoms with Gasteiger partial charge >= 0.3 is 0 Å². The van der Waals surface area contributed by atoms with Crippen molar-refractivity contribution >= 4 is 15.9 Å². The Morgan fingerprint density at radius 3 is 2.80 bits per heavy atom. The summed E-state index contributed by atoms with van der Waals surface area (Å²) in [6.45, 7) is 2.10. The molecule has 15 heavy (non-hydrogen) atoms. The summed E-state index contributed by atoms with van der Waals surface area (Å²) < 4.78 is 13.7. The molecule has 1 atom stereocenters. The van der Waals surface area contributed by atoms with Gasteiger partial charge in [-0.05, 0) is 43.4 Å². The summed E-state index contributed by atoms with van der Waals surface area (Å²) in [4.78, 5) is 0. The van der Waals surface area contributed by atoms with Gasteiger partial charge < -0.3 is 5.73 Å². The SMILES string of the molecule is CCC(N)CCCc1ccc(F)cc1Br. The first kappa shape index (κ1) is 12.7. The Kier molecular flexibility index (Phi) is 5.26. The summed E-state index contributed by atoms with van der Waals surface area (Å²) in [6.07, 6.45) is 4.05. The molecule has 0 saturated heterocycles. The van der Waals surface area contributed by atoms with Crippen molar-refractivity contribution in [3.63, 3.8) is 0 Å². The first-order valence-corrected chi connectivity index (χ1v) is 6.12. The molecule has 0 aliphatic carbocycles. The zero-order chi connectivity index (χ0) is 11.3. The molecule has 0 aliphatic heterocycles. The van der Waals surface area contributed by atoms with Gasteiger partial charge in [0.1, 0.15) is 5.82 Å². The number of benzene rings is 1. The highest BCUT2D eigenvalue weighted by molar-refractivity contribution is 9.10. The Morgan fingerprint density at radius 1 is 1.47 bits per heavy atom. The van der Waals surface area contributed by atoms with Crippen LogP contribution in [0.15, 0.2) is 22.7 Å². The lowest BCUT2D eigenvalue weighted by atomic mass is 10.0. The van der Waals surface area contributed by atoms with Crippen LogP contribution in [0.25, 0.3) is 0 Å². The van der Waals surface area contributed by atoms with E-state index >= 15 is 0 Å². The summed E-state index contributed by atoms with van der Waals surface area (Å²) in [5.74, 6) is -0.198. The largest absolute Gasteiger partial charge is 0.328 e. The fourth-order valence-electron chi connectivity index (χ4n) is 1.48. The molecule has 1 aromatic rings. The number of hydrogen-bond donors (Lipinski definition) is 1. The monoisotopic (exact) mass is 273 g/mol. The van der Waals surface area contributed by atoms with Crippen LogP contribution in [0.3, 0.4) is 0 Å². The van der Waals surface area contributed by atoms with Crippen molar-refractivity contribution in [2.24, 2.45) is 5.73 Å². The van der Waals surface area contributed by atoms with E-state index in [0.29, 0.717) is 6.04 Å². The van der Waals surface area contributed by atoms with Crippen LogP contribution >= 0.6 is 15.9 Å². The van der Waals surface area contributed by atoms with Crippen molar-refractivity contribution in [3.05, 3.63) is 34.1 Å². The van der Waals surface area contributed by atoms with Crippen molar-refractivity contribution in [3.8, 4) is 0 Å². The third-order valence-corrected chi connectivity index (χ3v) is 3.30. The minimum absolute atomic E-state index is 0.198. The molecule has 1 unspecified atom stereocenters. The van der Waals surface area contributed by atoms with Gasteiger partial charge in [-0.25, -0.2) is 4.39 Å². The average Bonchev–Trinajstić information content (AvgIpc) is 2.21. The number of aryl methyl sites for hydroxylation is 1. The lowest BCUT2D eigenvalue weighted by Crippen LogP contribution is -2.18. The molecule has 0 bridgehead atoms. The van der Waals surface area contributed by atoms with Crippen LogP contribution in [0.2, 0.25) is 0 Å². The van der Waals surface area contributed by atoms with Gasteiger partial charge in [0.15, 0.2) is 0 Å². The average molecular weight is 274 g/mol. The van der Waals surface area contributed by atoms with Crippen molar-refractivity contribution in [1.29, 1.82) is 0 Å². The van der Waals surface area contributed by atoms with Crippen molar-refractivity contribution in [2.75, 3.05) is 0 Å². The number of halogens is 2. The Hall–Kier alpha value is -0.410. The van der Waals surface area contributed by atoms with E-state index in [9.17, 15) is 4.39 Å². The number of rotatable bonds is 5. The third-order valence-electron chi connectivity index (χ3n) is 2.56. The molecule has 0 radical (unpaired) electrons. The molecular formula is C12H17BrFN. The van der Waals surface area contributed by atoms with Gasteiger partial charge in [0, 0.05) is 10.5 Å². The Bertz CT molecular complexity index is 314. The van der Waals surface area contributed by atoms with E-state index in [1.165, 1.54) is 12.1 Å². The van der Waals surface area contributed by atoms with Gasteiger partial charge in [0.25, 0.3) is 0 Å². The molecule has 84 valence electrons. The predicted octanol–water partition coefficient (Wildman–Crippen LogP) is 3.65. The molecule has 0 saturated carbocycles. The number of hydrogen-bond acceptors (Lipinski definition) is 1. The van der Waals surface area contributed by atoms with Gasteiger partial charge in [-0.2, -0.15) is 0 Å². The second kappa shape index (κ2) is 6.23. The first-order valence-electron chi connectivity index (χ1n) is 5.33. The molecular weight excluding hydrogens is 257 g/mol. The second-order valence-corrected chi connectivity index (χ2v) is 4.65. The zero-order valence-electron chi connectivity index (χ0n) is 8.97. The van der Waals surface area contributed by atoms with Crippen LogP contribution in [0.1, 0.15) is 31.7 Å². The molecule has 0 spiro atoms. The maximum atomic E-state index is 12.8. The highest BCUT2D eigenvalue weighted by Gasteiger charge is 2.03. The molecule has 0 amide bonds. The Balaban J connectivity index is 2.44. The minimum atomic E-state index is -0.198. The van der Waals surface area contributed by atoms with E-state index in [2.05, 4.69) is 22.9 Å². The maximum Gasteiger partial charge on any atom is 0.124 e. The van der Waals surface area contributed by atoms with Crippen molar-refractivity contribution in [1.82, 2.24) is 0 Å². The van der Waals surface area contributed by atoms with Crippen LogP contribution in [0.5, 0.6) is 0 Å². The van der Waals surface area contributed by atoms with Gasteiger partial charge in [-0.1, -0.05) is 28.9 Å². The molecule has 0 aromatic heterocycles. The quantitative estimate of drug-likeness (QED) is 0.871. The van der Waals surface area contributed by atoms with E-state index in [1.54, 1.807) is 0 Å². The summed E-state index contributed by atoms with van der Waals surface area (Å²) in [5, 5.41) is 0. The summed E-state index contributed by atoms with van der Waals surface area (Å²) in [7, 11) is 0. The smallest absolute Gasteiger partial charge is 0.124 e. The van der Waals surface area contributed by atoms with Crippen molar-refractivity contribution in [2.45, 2.75) is 38.6 Å². The van der Waals surface area contributed by atoms with Crippen molar-refractivity contribution < 1.29 is 4.39 Å². The zero-order valence-corrected chi connectivity index (χ0v) is 10.6. The molecule has 0 fully saturated rings. The first-order chi connectivity index (χ1) is 7.13. The molecule has 0 aliphatic rings. The van der Waals surface area contributed by atoms with Gasteiger partial charge in [-0.3, -0.25) is 0 Å². The molecule has 1 aromatic carbocycles. The highest BCUT2D eigenvalue weighted by Crippen LogP contribution is 2.20. The minimum Gasteiger partial charge on any atom is -0.328 e. The third kappa shape index (κ3) is 4.31. The van der Waals surface area contributed by atoms with Crippen LogP contribution in [0, 0.1) is 5.82 Å². The van der Waals surface area contributed by atoms with Gasteiger partial charge in [0.2, 0.25) is 0 Å². The second-order valence-electron chi connectivity index (χ2n) is 3.80. The normalized spacial score (nSPS) is 12.8. The van der Waals surface area contributed by atoms with Crippen LogP contribution in [-0.4, -0.2) is 6.04 Å². The predicted molar refractivity (Wildman–Crippen MR) is 65.3 cm³/mol. The topological polar surface area (TPSA) is 26.0 Å². The Labute approximate surface area is 99.0 Å². The Morgan fingerprint density at radius 2 is 2.20 bits per heavy atom. The van der Waals surface area contributed by atoms with E-state index in [-0.39, 0.29) is 5.82 Å². The molecule has 1 nitrogen and oxygen atoms in total. The van der Waals surface area contributed by atoms with Gasteiger partial charge in [0.05, 0.1) is 0 Å². The fourth-order valence-corrected chi connectivity index (χ4v) is 2.03. The molecule has 1 rings (SSSR count). The van der Waals surface area contributed by atoms with Gasteiger partial charge in [-0.15, -0.1) is 0 Å². The van der Waals surface area contributed by atoms with E-state index in [4.69, 9.17) is 5.73 Å². The highest BCUT2D eigenvalue weighted by atomic mass is 79.9. The summed E-state index contributed by atoms with van der Waals surface area (Å²) >= 11 is 3.36. The van der Waals surface area contributed by atoms with Crippen LogP contribution in [0.4, 0.5) is 4.39 Å². The summed E-state index contributed by atoms with van der Waals surface area (Å²) in [5.41, 5.74) is 6.98. The van der Waals surface area contributed by atoms with E-state index < -0.39 is 0 Å². The standard InChI is InChI=1S/C12H17BrFN/c1-2-11(15)5-3-4-9-6-7-10(14)8-12(9)13/h6-8,11H,2-5,15H2,1H3. The molecule has 2 N–H and O–H groups in total. The maximum absolute atomic E-state index is 12.8. The fraction of sp³-hybridized carbons (Fsp3) is 0.500. The summed E-state index contributed by atoms with van der Waals surface area (Å²) in [6, 6.07) is 5.13. The lowest BCUT2D eigenvalue weighted by Gasteiger charge is -2.09. The lowest BCUT2D eigenvalue weighted by molar-refractivity contribution is 0.567. The van der Waals surface area contributed by atoms with E-state index in [0.717, 1.165) is 35.7 Å². The van der Waals surface area contributed by atoms with Crippen LogP contribution < -0.4 is 5.73 Å². The molecule has 0 heterocycles. The number of nitrogens with two attached hydrogens (primary N) is 1. The van der Waals surface area contributed by atoms with Crippen LogP contribution in [-0.2, 0) is 6.42 Å².